The van der Waals surface area contributed by atoms with Gasteiger partial charge in [0.25, 0.3) is 5.78 Å². The van der Waals surface area contributed by atoms with Crippen LogP contribution < -0.4 is 10.2 Å². The molecule has 0 saturated carbocycles. The lowest BCUT2D eigenvalue weighted by Gasteiger charge is -2.33. The van der Waals surface area contributed by atoms with E-state index in [9.17, 15) is 4.79 Å². The van der Waals surface area contributed by atoms with Crippen LogP contribution in [-0.4, -0.2) is 69.7 Å². The molecular weight excluding hydrogens is 402 g/mol. The molecule has 170 valence electrons. The number of carbonyl (C=O) groups is 1. The molecule has 0 bridgehead atoms. The third-order valence-corrected chi connectivity index (χ3v) is 6.34. The molecule has 3 aromatic rings. The number of benzene rings is 1. The number of carbonyl (C=O) groups excluding carboxylic acids is 1. The summed E-state index contributed by atoms with van der Waals surface area (Å²) in [6, 6.07) is 12.2. The molecule has 1 aliphatic rings. The molecule has 1 saturated heterocycles. The van der Waals surface area contributed by atoms with Crippen LogP contribution in [0.25, 0.3) is 17.0 Å². The van der Waals surface area contributed by atoms with Crippen LogP contribution in [0.15, 0.2) is 42.7 Å². The van der Waals surface area contributed by atoms with E-state index in [0.717, 1.165) is 75.6 Å². The fourth-order valence-electron chi connectivity index (χ4n) is 4.35. The second-order valence-corrected chi connectivity index (χ2v) is 8.27. The van der Waals surface area contributed by atoms with E-state index < -0.39 is 0 Å². The van der Waals surface area contributed by atoms with Gasteiger partial charge in [-0.05, 0) is 38.9 Å². The van der Waals surface area contributed by atoms with Crippen molar-refractivity contribution in [2.24, 2.45) is 5.92 Å². The van der Waals surface area contributed by atoms with Crippen LogP contribution in [0.2, 0.25) is 0 Å². The van der Waals surface area contributed by atoms with Crippen molar-refractivity contribution in [1.29, 1.82) is 0 Å². The van der Waals surface area contributed by atoms with Gasteiger partial charge in [0.05, 0.1) is 5.69 Å². The second-order valence-electron chi connectivity index (χ2n) is 8.27. The molecule has 1 aromatic carbocycles. The van der Waals surface area contributed by atoms with Gasteiger partial charge in [0.1, 0.15) is 12.1 Å². The number of fused-ring (bicyclic) bond motifs is 1. The van der Waals surface area contributed by atoms with Gasteiger partial charge in [-0.25, -0.2) is 4.98 Å². The first-order valence-electron chi connectivity index (χ1n) is 11.7. The number of nitrogens with zero attached hydrogens (tertiary/aromatic N) is 6. The quantitative estimate of drug-likeness (QED) is 0.521. The summed E-state index contributed by atoms with van der Waals surface area (Å²) in [4.78, 5) is 26.3. The SMILES string of the molecule is CCN(CC)CCCNC(=O)C1CCN(c2cc(-c3ccccc3)nc3ncnn23)CC1. The van der Waals surface area contributed by atoms with Crippen molar-refractivity contribution in [2.75, 3.05) is 44.2 Å². The molecule has 3 heterocycles. The third-order valence-electron chi connectivity index (χ3n) is 6.34. The first-order valence-corrected chi connectivity index (χ1v) is 11.7. The standard InChI is InChI=1S/C24H33N7O/c1-3-29(4-2)14-8-13-25-23(32)20-11-15-30(16-12-20)22-17-21(19-9-6-5-7-10-19)28-24-26-18-27-31(22)24/h5-7,9-10,17-18,20H,3-4,8,11-16H2,1-2H3,(H,25,32). The normalized spacial score (nSPS) is 14.9. The van der Waals surface area contributed by atoms with Crippen LogP contribution in [0.5, 0.6) is 0 Å². The lowest BCUT2D eigenvalue weighted by atomic mass is 9.96. The predicted molar refractivity (Wildman–Crippen MR) is 127 cm³/mol. The van der Waals surface area contributed by atoms with Gasteiger partial charge >= 0.3 is 0 Å². The maximum Gasteiger partial charge on any atom is 0.254 e. The minimum Gasteiger partial charge on any atom is -0.356 e. The summed E-state index contributed by atoms with van der Waals surface area (Å²) in [7, 11) is 0. The molecule has 4 rings (SSSR count). The van der Waals surface area contributed by atoms with Crippen LogP contribution in [0.3, 0.4) is 0 Å². The van der Waals surface area contributed by atoms with Crippen molar-refractivity contribution >= 4 is 17.5 Å². The first-order chi connectivity index (χ1) is 15.7. The number of nitrogens with one attached hydrogen (secondary N) is 1. The molecule has 0 atom stereocenters. The highest BCUT2D eigenvalue weighted by Gasteiger charge is 2.26. The van der Waals surface area contributed by atoms with Gasteiger partial charge in [-0.2, -0.15) is 14.6 Å². The number of rotatable bonds is 9. The molecule has 1 aliphatic heterocycles. The molecule has 0 unspecified atom stereocenters. The van der Waals surface area contributed by atoms with Gasteiger partial charge in [-0.15, -0.1) is 0 Å². The van der Waals surface area contributed by atoms with E-state index in [1.54, 1.807) is 10.8 Å². The van der Waals surface area contributed by atoms with Crippen LogP contribution >= 0.6 is 0 Å². The Labute approximate surface area is 189 Å². The first kappa shape index (κ1) is 22.2. The van der Waals surface area contributed by atoms with Crippen molar-refractivity contribution in [1.82, 2.24) is 29.8 Å². The van der Waals surface area contributed by atoms with E-state index in [1.807, 2.05) is 18.2 Å². The van der Waals surface area contributed by atoms with Gasteiger partial charge in [0, 0.05) is 37.2 Å². The fraction of sp³-hybridized carbons (Fsp3) is 0.500. The molecule has 0 aliphatic carbocycles. The Balaban J connectivity index is 1.37. The van der Waals surface area contributed by atoms with Crippen molar-refractivity contribution in [3.05, 3.63) is 42.7 Å². The Morgan fingerprint density at radius 2 is 1.91 bits per heavy atom. The number of aromatic nitrogens is 4. The van der Waals surface area contributed by atoms with E-state index in [-0.39, 0.29) is 11.8 Å². The lowest BCUT2D eigenvalue weighted by Crippen LogP contribution is -2.41. The van der Waals surface area contributed by atoms with Crippen LogP contribution in [-0.2, 0) is 4.79 Å². The number of hydrogen-bond donors (Lipinski definition) is 1. The Bertz CT molecular complexity index is 1010. The van der Waals surface area contributed by atoms with E-state index in [0.29, 0.717) is 5.78 Å². The van der Waals surface area contributed by atoms with Crippen LogP contribution in [0, 0.1) is 5.92 Å². The Morgan fingerprint density at radius 3 is 2.62 bits per heavy atom. The summed E-state index contributed by atoms with van der Waals surface area (Å²) in [6.45, 7) is 9.87. The maximum atomic E-state index is 12.7. The molecule has 32 heavy (non-hydrogen) atoms. The Morgan fingerprint density at radius 1 is 1.16 bits per heavy atom. The van der Waals surface area contributed by atoms with Crippen LogP contribution in [0.1, 0.15) is 33.1 Å². The highest BCUT2D eigenvalue weighted by Crippen LogP contribution is 2.27. The van der Waals surface area contributed by atoms with Gasteiger partial charge in [-0.3, -0.25) is 4.79 Å². The molecular formula is C24H33N7O. The number of amides is 1. The predicted octanol–water partition coefficient (Wildman–Crippen LogP) is 2.86. The zero-order valence-electron chi connectivity index (χ0n) is 19.1. The maximum absolute atomic E-state index is 12.7. The molecule has 0 spiro atoms. The largest absolute Gasteiger partial charge is 0.356 e. The van der Waals surface area contributed by atoms with Gasteiger partial charge in [0.2, 0.25) is 5.91 Å². The third kappa shape index (κ3) is 5.07. The summed E-state index contributed by atoms with van der Waals surface area (Å²) in [5.41, 5.74) is 1.94. The smallest absolute Gasteiger partial charge is 0.254 e. The fourth-order valence-corrected chi connectivity index (χ4v) is 4.35. The minimum absolute atomic E-state index is 0.0707. The lowest BCUT2D eigenvalue weighted by molar-refractivity contribution is -0.125. The molecule has 1 fully saturated rings. The monoisotopic (exact) mass is 435 g/mol. The molecule has 1 N–H and O–H groups in total. The number of hydrogen-bond acceptors (Lipinski definition) is 6. The average Bonchev–Trinajstić information content (AvgIpc) is 3.33. The Hall–Kier alpha value is -3.00. The molecule has 2 aromatic heterocycles. The summed E-state index contributed by atoms with van der Waals surface area (Å²) < 4.78 is 1.79. The highest BCUT2D eigenvalue weighted by molar-refractivity contribution is 5.79. The van der Waals surface area contributed by atoms with Gasteiger partial charge < -0.3 is 15.1 Å². The molecule has 0 radical (unpaired) electrons. The summed E-state index contributed by atoms with van der Waals surface area (Å²) in [6.07, 6.45) is 4.21. The molecule has 1 amide bonds. The number of piperidine rings is 1. The van der Waals surface area contributed by atoms with Crippen molar-refractivity contribution in [3.63, 3.8) is 0 Å². The second kappa shape index (κ2) is 10.5. The minimum atomic E-state index is 0.0707. The van der Waals surface area contributed by atoms with Gasteiger partial charge in [0.15, 0.2) is 0 Å². The Kier molecular flexibility index (Phi) is 7.32. The topological polar surface area (TPSA) is 78.7 Å². The average molecular weight is 436 g/mol. The highest BCUT2D eigenvalue weighted by atomic mass is 16.1. The summed E-state index contributed by atoms with van der Waals surface area (Å²) in [5.74, 6) is 1.83. The van der Waals surface area contributed by atoms with Crippen molar-refractivity contribution in [2.45, 2.75) is 33.1 Å². The van der Waals surface area contributed by atoms with Crippen molar-refractivity contribution in [3.8, 4) is 11.3 Å². The van der Waals surface area contributed by atoms with Crippen molar-refractivity contribution < 1.29 is 4.79 Å². The molecule has 8 heteroatoms. The van der Waals surface area contributed by atoms with E-state index in [4.69, 9.17) is 0 Å². The van der Waals surface area contributed by atoms with Gasteiger partial charge in [-0.1, -0.05) is 44.2 Å². The summed E-state index contributed by atoms with van der Waals surface area (Å²) in [5, 5.41) is 7.52. The zero-order chi connectivity index (χ0) is 22.3. The van der Waals surface area contributed by atoms with E-state index in [2.05, 4.69) is 62.2 Å². The summed E-state index contributed by atoms with van der Waals surface area (Å²) >= 11 is 0. The van der Waals surface area contributed by atoms with E-state index in [1.165, 1.54) is 0 Å². The van der Waals surface area contributed by atoms with Crippen LogP contribution in [0.4, 0.5) is 5.82 Å². The van der Waals surface area contributed by atoms with E-state index >= 15 is 0 Å². The zero-order valence-corrected chi connectivity index (χ0v) is 19.1. The molecule has 8 nitrogen and oxygen atoms in total. The number of anilines is 1.